The number of hydrogen-bond acceptors (Lipinski definition) is 0. The summed E-state index contributed by atoms with van der Waals surface area (Å²) in [7, 11) is 0. The Kier molecular flexibility index (Phi) is 7.10. The van der Waals surface area contributed by atoms with E-state index in [0.29, 0.717) is 11.4 Å². The fraction of sp³-hybridized carbons (Fsp3) is 0.143. The summed E-state index contributed by atoms with van der Waals surface area (Å²) < 4.78 is 0. The molecule has 0 saturated heterocycles. The molecular weight excluding hydrogens is 255 g/mol. The Labute approximate surface area is 113 Å². The van der Waals surface area contributed by atoms with Gasteiger partial charge < -0.3 is 11.5 Å². The van der Waals surface area contributed by atoms with Gasteiger partial charge in [0.15, 0.2) is 0 Å². The summed E-state index contributed by atoms with van der Waals surface area (Å²) in [5.41, 5.74) is 17.7. The Balaban J connectivity index is 0.000000284. The first-order valence-electron chi connectivity index (χ1n) is 5.15. The summed E-state index contributed by atoms with van der Waals surface area (Å²) in [5, 5.41) is 0. The van der Waals surface area contributed by atoms with Gasteiger partial charge in [-0.15, -0.1) is 11.4 Å². The summed E-state index contributed by atoms with van der Waals surface area (Å²) in [4.78, 5) is 0. The Morgan fingerprint density at radius 1 is 0.647 bits per heavy atom. The predicted octanol–water partition coefficient (Wildman–Crippen LogP) is 5.35. The van der Waals surface area contributed by atoms with Gasteiger partial charge in [0, 0.05) is 0 Å². The van der Waals surface area contributed by atoms with Gasteiger partial charge in [0.05, 0.1) is 0 Å². The van der Waals surface area contributed by atoms with Gasteiger partial charge in [-0.25, -0.2) is 0 Å². The fourth-order valence-corrected chi connectivity index (χ4v) is 1.15. The molecule has 0 atom stereocenters. The molecule has 0 bridgehead atoms. The van der Waals surface area contributed by atoms with Crippen LogP contribution in [0.4, 0.5) is 11.4 Å². The Morgan fingerprint density at radius 2 is 0.941 bits per heavy atom. The van der Waals surface area contributed by atoms with E-state index in [9.17, 15) is 0 Å². The van der Waals surface area contributed by atoms with Crippen molar-refractivity contribution in [2.24, 2.45) is 0 Å². The maximum absolute atomic E-state index is 7.22. The largest absolute Gasteiger partial charge is 2.00 e. The van der Waals surface area contributed by atoms with Crippen molar-refractivity contribution < 1.29 is 16.8 Å². The van der Waals surface area contributed by atoms with Gasteiger partial charge in [0.1, 0.15) is 0 Å². The standard InChI is InChI=1S/2C7H8N.Co/c2*1-6-4-2-3-5-7(6)8;/h2*2-5,8H,1H3;/q2*-1;+2. The molecule has 0 aliphatic rings. The van der Waals surface area contributed by atoms with E-state index < -0.39 is 0 Å². The maximum atomic E-state index is 7.22. The molecule has 2 rings (SSSR count). The van der Waals surface area contributed by atoms with Gasteiger partial charge in [-0.05, 0) is 13.8 Å². The number of aryl methyl sites for hydroxylation is 2. The van der Waals surface area contributed by atoms with E-state index in [2.05, 4.69) is 0 Å². The van der Waals surface area contributed by atoms with Crippen molar-refractivity contribution >= 4 is 11.4 Å². The van der Waals surface area contributed by atoms with E-state index in [1.165, 1.54) is 0 Å². The molecule has 3 heteroatoms. The normalized spacial score (nSPS) is 8.59. The van der Waals surface area contributed by atoms with E-state index in [0.717, 1.165) is 11.1 Å². The molecule has 2 nitrogen and oxygen atoms in total. The molecule has 17 heavy (non-hydrogen) atoms. The molecule has 2 N–H and O–H groups in total. The van der Waals surface area contributed by atoms with Gasteiger partial charge in [0.2, 0.25) is 0 Å². The van der Waals surface area contributed by atoms with E-state index in [4.69, 9.17) is 11.5 Å². The van der Waals surface area contributed by atoms with E-state index in [1.54, 1.807) is 12.1 Å². The first kappa shape index (κ1) is 15.5. The summed E-state index contributed by atoms with van der Waals surface area (Å²) in [6.45, 7) is 3.87. The first-order valence-corrected chi connectivity index (χ1v) is 5.15. The molecule has 0 spiro atoms. The van der Waals surface area contributed by atoms with Crippen molar-refractivity contribution in [2.45, 2.75) is 13.8 Å². The van der Waals surface area contributed by atoms with Crippen molar-refractivity contribution in [1.29, 1.82) is 0 Å². The molecule has 0 aromatic heterocycles. The summed E-state index contributed by atoms with van der Waals surface area (Å²) in [5.74, 6) is 0. The molecule has 91 valence electrons. The zero-order valence-corrected chi connectivity index (χ0v) is 11.0. The molecule has 0 heterocycles. The molecule has 0 aliphatic carbocycles. The molecule has 0 saturated carbocycles. The van der Waals surface area contributed by atoms with Crippen molar-refractivity contribution in [3.63, 3.8) is 0 Å². The van der Waals surface area contributed by atoms with Crippen LogP contribution in [0.2, 0.25) is 0 Å². The minimum atomic E-state index is 0. The topological polar surface area (TPSA) is 47.6 Å². The van der Waals surface area contributed by atoms with Gasteiger partial charge in [-0.2, -0.15) is 0 Å². The van der Waals surface area contributed by atoms with Crippen molar-refractivity contribution in [1.82, 2.24) is 0 Å². The number of benzene rings is 2. The molecule has 2 aromatic carbocycles. The summed E-state index contributed by atoms with van der Waals surface area (Å²) in [6, 6.07) is 15.1. The van der Waals surface area contributed by atoms with Gasteiger partial charge in [0.25, 0.3) is 0 Å². The second-order valence-electron chi connectivity index (χ2n) is 3.63. The second kappa shape index (κ2) is 7.76. The SMILES string of the molecule is Cc1ccccc1[NH-].Cc1ccccc1[NH-].[Co+2]. The summed E-state index contributed by atoms with van der Waals surface area (Å²) in [6.07, 6.45) is 0. The van der Waals surface area contributed by atoms with Gasteiger partial charge in [-0.3, -0.25) is 0 Å². The van der Waals surface area contributed by atoms with E-state index >= 15 is 0 Å². The van der Waals surface area contributed by atoms with Crippen LogP contribution in [0.25, 0.3) is 11.5 Å². The Hall–Kier alpha value is -1.45. The van der Waals surface area contributed by atoms with Crippen LogP contribution in [-0.2, 0) is 16.8 Å². The van der Waals surface area contributed by atoms with Crippen LogP contribution >= 0.6 is 0 Å². The van der Waals surface area contributed by atoms with Crippen molar-refractivity contribution in [2.75, 3.05) is 0 Å². The van der Waals surface area contributed by atoms with E-state index in [-0.39, 0.29) is 16.8 Å². The van der Waals surface area contributed by atoms with Crippen LogP contribution in [0.1, 0.15) is 11.1 Å². The third-order valence-corrected chi connectivity index (χ3v) is 2.29. The molecule has 0 amide bonds. The molecule has 0 fully saturated rings. The van der Waals surface area contributed by atoms with Crippen molar-refractivity contribution in [3.8, 4) is 0 Å². The number of rotatable bonds is 0. The molecule has 1 radical (unpaired) electrons. The maximum Gasteiger partial charge on any atom is 2.00 e. The number of hydrogen-bond donors (Lipinski definition) is 0. The molecule has 2 aromatic rings. The minimum absolute atomic E-state index is 0. The quantitative estimate of drug-likeness (QED) is 0.619. The van der Waals surface area contributed by atoms with Gasteiger partial charge in [-0.1, -0.05) is 59.7 Å². The average Bonchev–Trinajstić information content (AvgIpc) is 2.28. The minimum Gasteiger partial charge on any atom is -0.699 e. The first-order chi connectivity index (χ1) is 7.61. The van der Waals surface area contributed by atoms with E-state index in [1.807, 2.05) is 50.2 Å². The fourth-order valence-electron chi connectivity index (χ4n) is 1.15. The predicted molar refractivity (Wildman–Crippen MR) is 70.3 cm³/mol. The van der Waals surface area contributed by atoms with Crippen LogP contribution in [-0.4, -0.2) is 0 Å². The zero-order valence-electron chi connectivity index (χ0n) is 9.95. The van der Waals surface area contributed by atoms with Crippen molar-refractivity contribution in [3.05, 3.63) is 71.1 Å². The third kappa shape index (κ3) is 5.42. The Bertz CT molecular complexity index is 370. The third-order valence-electron chi connectivity index (χ3n) is 2.29. The number of nitrogens with one attached hydrogen (secondary N) is 2. The Morgan fingerprint density at radius 3 is 1.12 bits per heavy atom. The molecule has 0 aliphatic heterocycles. The van der Waals surface area contributed by atoms with Gasteiger partial charge >= 0.3 is 16.8 Å². The van der Waals surface area contributed by atoms with Crippen LogP contribution in [0.15, 0.2) is 48.5 Å². The monoisotopic (exact) mass is 271 g/mol. The van der Waals surface area contributed by atoms with Crippen LogP contribution in [0.3, 0.4) is 0 Å². The second-order valence-corrected chi connectivity index (χ2v) is 3.63. The zero-order chi connectivity index (χ0) is 12.0. The van der Waals surface area contributed by atoms with Crippen LogP contribution in [0, 0.1) is 13.8 Å². The smallest absolute Gasteiger partial charge is 0.699 e. The molecular formula is C14H16CoN2. The summed E-state index contributed by atoms with van der Waals surface area (Å²) >= 11 is 0. The average molecular weight is 271 g/mol. The van der Waals surface area contributed by atoms with Crippen LogP contribution < -0.4 is 0 Å². The van der Waals surface area contributed by atoms with Crippen LogP contribution in [0.5, 0.6) is 0 Å². The molecule has 0 unspecified atom stereocenters.